The van der Waals surface area contributed by atoms with Crippen LogP contribution in [-0.2, 0) is 9.59 Å². The number of amides is 3. The Bertz CT molecular complexity index is 871. The monoisotopic (exact) mass is 415 g/mol. The van der Waals surface area contributed by atoms with Crippen molar-refractivity contribution in [2.75, 3.05) is 32.1 Å². The molecule has 0 saturated heterocycles. The fourth-order valence-corrected chi connectivity index (χ4v) is 2.69. The van der Waals surface area contributed by atoms with Crippen LogP contribution in [0.1, 0.15) is 30.1 Å². The van der Waals surface area contributed by atoms with Gasteiger partial charge in [0, 0.05) is 17.8 Å². The van der Waals surface area contributed by atoms with Gasteiger partial charge in [-0.25, -0.2) is 4.39 Å². The number of benzene rings is 2. The van der Waals surface area contributed by atoms with Gasteiger partial charge in [-0.3, -0.25) is 14.4 Å². The summed E-state index contributed by atoms with van der Waals surface area (Å²) in [6, 6.07) is 12.1. The summed E-state index contributed by atoms with van der Waals surface area (Å²) in [4.78, 5) is 38.3. The number of anilines is 1. The number of hydrogen-bond acceptors (Lipinski definition) is 4. The quantitative estimate of drug-likeness (QED) is 0.625. The van der Waals surface area contributed by atoms with Crippen molar-refractivity contribution in [1.29, 1.82) is 0 Å². The molecule has 160 valence electrons. The predicted octanol–water partition coefficient (Wildman–Crippen LogP) is 2.83. The molecule has 0 aliphatic rings. The molecule has 0 aliphatic carbocycles. The van der Waals surface area contributed by atoms with Crippen molar-refractivity contribution < 1.29 is 23.5 Å². The van der Waals surface area contributed by atoms with E-state index in [0.717, 1.165) is 12.5 Å². The largest absolute Gasteiger partial charge is 0.497 e. The number of ether oxygens (including phenoxy) is 1. The number of carbonyl (C=O) groups is 3. The molecule has 0 aromatic heterocycles. The Hall–Kier alpha value is -3.42. The van der Waals surface area contributed by atoms with Crippen LogP contribution in [0, 0.1) is 5.82 Å². The van der Waals surface area contributed by atoms with Crippen molar-refractivity contribution in [3.05, 3.63) is 59.9 Å². The van der Waals surface area contributed by atoms with Crippen molar-refractivity contribution in [1.82, 2.24) is 10.2 Å². The molecule has 0 radical (unpaired) electrons. The topological polar surface area (TPSA) is 87.7 Å². The van der Waals surface area contributed by atoms with Gasteiger partial charge in [-0.05, 0) is 48.9 Å². The van der Waals surface area contributed by atoms with Crippen LogP contribution in [0.5, 0.6) is 5.75 Å². The van der Waals surface area contributed by atoms with Gasteiger partial charge in [0.15, 0.2) is 0 Å². The highest BCUT2D eigenvalue weighted by molar-refractivity contribution is 5.98. The lowest BCUT2D eigenvalue weighted by Crippen LogP contribution is -2.43. The van der Waals surface area contributed by atoms with Crippen molar-refractivity contribution in [2.45, 2.75) is 19.8 Å². The third-order valence-corrected chi connectivity index (χ3v) is 4.29. The van der Waals surface area contributed by atoms with E-state index in [1.165, 1.54) is 23.1 Å². The van der Waals surface area contributed by atoms with Gasteiger partial charge in [0.2, 0.25) is 11.8 Å². The molecular formula is C22H26FN3O4. The molecule has 2 rings (SSSR count). The van der Waals surface area contributed by atoms with E-state index in [2.05, 4.69) is 10.6 Å². The average Bonchev–Trinajstić information content (AvgIpc) is 2.75. The second-order valence-corrected chi connectivity index (χ2v) is 6.64. The molecule has 0 spiro atoms. The van der Waals surface area contributed by atoms with Crippen LogP contribution in [0.4, 0.5) is 10.1 Å². The van der Waals surface area contributed by atoms with E-state index in [9.17, 15) is 18.8 Å². The first kappa shape index (κ1) is 22.9. The number of halogens is 1. The molecule has 0 saturated carbocycles. The molecule has 0 unspecified atom stereocenters. The summed E-state index contributed by atoms with van der Waals surface area (Å²) in [6.45, 7) is 1.87. The van der Waals surface area contributed by atoms with Crippen LogP contribution in [0.3, 0.4) is 0 Å². The minimum Gasteiger partial charge on any atom is -0.497 e. The van der Waals surface area contributed by atoms with Gasteiger partial charge in [0.25, 0.3) is 5.91 Å². The highest BCUT2D eigenvalue weighted by Crippen LogP contribution is 2.14. The molecule has 2 aromatic carbocycles. The summed E-state index contributed by atoms with van der Waals surface area (Å²) in [6.07, 6.45) is 1.53. The number of rotatable bonds is 10. The van der Waals surface area contributed by atoms with Gasteiger partial charge >= 0.3 is 0 Å². The first-order valence-corrected chi connectivity index (χ1v) is 9.68. The molecule has 2 aromatic rings. The number of nitrogens with zero attached hydrogens (tertiary/aromatic N) is 1. The second kappa shape index (κ2) is 11.5. The molecule has 7 nitrogen and oxygen atoms in total. The number of hydrogen-bond donors (Lipinski definition) is 2. The second-order valence-electron chi connectivity index (χ2n) is 6.64. The van der Waals surface area contributed by atoms with Crippen molar-refractivity contribution in [2.24, 2.45) is 0 Å². The first-order chi connectivity index (χ1) is 14.4. The Labute approximate surface area is 175 Å². The number of unbranched alkanes of at least 4 members (excludes halogenated alkanes) is 1. The summed E-state index contributed by atoms with van der Waals surface area (Å²) >= 11 is 0. The summed E-state index contributed by atoms with van der Waals surface area (Å²) in [5.74, 6) is -1.15. The first-order valence-electron chi connectivity index (χ1n) is 9.68. The Morgan fingerprint density at radius 3 is 2.43 bits per heavy atom. The van der Waals surface area contributed by atoms with E-state index < -0.39 is 23.5 Å². The number of nitrogens with one attached hydrogen (secondary N) is 2. The van der Waals surface area contributed by atoms with Gasteiger partial charge in [0.05, 0.1) is 20.2 Å². The lowest BCUT2D eigenvalue weighted by atomic mass is 10.2. The van der Waals surface area contributed by atoms with E-state index >= 15 is 0 Å². The maximum atomic E-state index is 13.4. The molecule has 0 aliphatic heterocycles. The highest BCUT2D eigenvalue weighted by atomic mass is 19.1. The van der Waals surface area contributed by atoms with Crippen LogP contribution in [-0.4, -0.2) is 49.4 Å². The van der Waals surface area contributed by atoms with E-state index in [1.54, 1.807) is 31.4 Å². The number of carbonyl (C=O) groups excluding carboxylic acids is 3. The van der Waals surface area contributed by atoms with Gasteiger partial charge < -0.3 is 20.3 Å². The maximum Gasteiger partial charge on any atom is 0.254 e. The van der Waals surface area contributed by atoms with Gasteiger partial charge in [-0.1, -0.05) is 19.4 Å². The lowest BCUT2D eigenvalue weighted by molar-refractivity contribution is -0.124. The minimum atomic E-state index is -0.518. The smallest absolute Gasteiger partial charge is 0.254 e. The zero-order valence-electron chi connectivity index (χ0n) is 17.1. The molecule has 3 amide bonds. The molecule has 2 N–H and O–H groups in total. The fourth-order valence-electron chi connectivity index (χ4n) is 2.69. The molecule has 0 bridgehead atoms. The molecular weight excluding hydrogens is 389 g/mol. The Morgan fingerprint density at radius 1 is 1.07 bits per heavy atom. The van der Waals surface area contributed by atoms with Gasteiger partial charge in [-0.15, -0.1) is 0 Å². The Morgan fingerprint density at radius 2 is 1.80 bits per heavy atom. The standard InChI is InChI=1S/C22H26FN3O4/c1-3-4-12-26(22(29)16-6-5-7-17(23)13-16)15-21(28)24-14-20(27)25-18-8-10-19(30-2)11-9-18/h5-11,13H,3-4,12,14-15H2,1-2H3,(H,24,28)(H,25,27). The van der Waals surface area contributed by atoms with E-state index in [1.807, 2.05) is 6.92 Å². The summed E-state index contributed by atoms with van der Waals surface area (Å²) in [7, 11) is 1.55. The highest BCUT2D eigenvalue weighted by Gasteiger charge is 2.19. The lowest BCUT2D eigenvalue weighted by Gasteiger charge is -2.22. The van der Waals surface area contributed by atoms with Crippen molar-refractivity contribution in [3.8, 4) is 5.75 Å². The normalized spacial score (nSPS) is 10.2. The van der Waals surface area contributed by atoms with Crippen LogP contribution in [0.2, 0.25) is 0 Å². The SMILES string of the molecule is CCCCN(CC(=O)NCC(=O)Nc1ccc(OC)cc1)C(=O)c1cccc(F)c1. The summed E-state index contributed by atoms with van der Waals surface area (Å²) in [5.41, 5.74) is 0.747. The summed E-state index contributed by atoms with van der Waals surface area (Å²) in [5, 5.41) is 5.17. The van der Waals surface area contributed by atoms with Gasteiger partial charge in [0.1, 0.15) is 11.6 Å². The third-order valence-electron chi connectivity index (χ3n) is 4.29. The molecule has 8 heteroatoms. The van der Waals surface area contributed by atoms with Crippen molar-refractivity contribution in [3.63, 3.8) is 0 Å². The molecule has 30 heavy (non-hydrogen) atoms. The average molecular weight is 415 g/mol. The molecule has 0 heterocycles. The van der Waals surface area contributed by atoms with Crippen LogP contribution < -0.4 is 15.4 Å². The van der Waals surface area contributed by atoms with Crippen molar-refractivity contribution >= 4 is 23.4 Å². The van der Waals surface area contributed by atoms with E-state index in [4.69, 9.17) is 4.74 Å². The third kappa shape index (κ3) is 7.20. The Balaban J connectivity index is 1.89. The molecule has 0 atom stereocenters. The Kier molecular flexibility index (Phi) is 8.80. The molecule has 0 fully saturated rings. The number of methoxy groups -OCH3 is 1. The summed E-state index contributed by atoms with van der Waals surface area (Å²) < 4.78 is 18.5. The fraction of sp³-hybridized carbons (Fsp3) is 0.318. The van der Waals surface area contributed by atoms with E-state index in [-0.39, 0.29) is 18.7 Å². The maximum absolute atomic E-state index is 13.4. The van der Waals surface area contributed by atoms with Crippen LogP contribution in [0.25, 0.3) is 0 Å². The predicted molar refractivity (Wildman–Crippen MR) is 112 cm³/mol. The van der Waals surface area contributed by atoms with Crippen LogP contribution >= 0.6 is 0 Å². The minimum absolute atomic E-state index is 0.177. The van der Waals surface area contributed by atoms with E-state index in [0.29, 0.717) is 24.4 Å². The zero-order chi connectivity index (χ0) is 21.9. The van der Waals surface area contributed by atoms with Gasteiger partial charge in [-0.2, -0.15) is 0 Å². The zero-order valence-corrected chi connectivity index (χ0v) is 17.1. The van der Waals surface area contributed by atoms with Crippen LogP contribution in [0.15, 0.2) is 48.5 Å².